The minimum absolute atomic E-state index is 0.828. The molecule has 3 nitrogen and oxygen atoms in total. The first kappa shape index (κ1) is 17.1. The van der Waals surface area contributed by atoms with Crippen LogP contribution in [0.25, 0.3) is 27.9 Å². The molecule has 0 radical (unpaired) electrons. The zero-order valence-electron chi connectivity index (χ0n) is 15.8. The maximum atomic E-state index is 5.35. The van der Waals surface area contributed by atoms with E-state index in [1.165, 1.54) is 22.3 Å². The van der Waals surface area contributed by atoms with Crippen molar-refractivity contribution in [2.45, 2.75) is 13.8 Å². The summed E-state index contributed by atoms with van der Waals surface area (Å²) >= 11 is 0. The van der Waals surface area contributed by atoms with Gasteiger partial charge in [-0.25, -0.2) is 4.68 Å². The molecule has 134 valence electrons. The number of hydrogen-bond donors (Lipinski definition) is 0. The lowest BCUT2D eigenvalue weighted by Gasteiger charge is -2.08. The van der Waals surface area contributed by atoms with Gasteiger partial charge in [0.25, 0.3) is 0 Å². The zero-order chi connectivity index (χ0) is 18.8. The highest BCUT2D eigenvalue weighted by Crippen LogP contribution is 2.31. The van der Waals surface area contributed by atoms with Crippen molar-refractivity contribution < 1.29 is 4.74 Å². The van der Waals surface area contributed by atoms with Crippen molar-refractivity contribution in [3.63, 3.8) is 0 Å². The van der Waals surface area contributed by atoms with E-state index in [2.05, 4.69) is 62.4 Å². The molecule has 0 fully saturated rings. The summed E-state index contributed by atoms with van der Waals surface area (Å²) in [5.41, 5.74) is 7.94. The Morgan fingerprint density at radius 3 is 2.11 bits per heavy atom. The Labute approximate surface area is 159 Å². The van der Waals surface area contributed by atoms with Gasteiger partial charge in [-0.2, -0.15) is 5.10 Å². The van der Waals surface area contributed by atoms with Crippen LogP contribution in [0.3, 0.4) is 0 Å². The van der Waals surface area contributed by atoms with Crippen molar-refractivity contribution in [1.29, 1.82) is 0 Å². The van der Waals surface area contributed by atoms with Gasteiger partial charge in [-0.3, -0.25) is 0 Å². The van der Waals surface area contributed by atoms with E-state index in [0.717, 1.165) is 22.8 Å². The molecule has 0 N–H and O–H groups in total. The number of nitrogens with zero attached hydrogens (tertiary/aromatic N) is 2. The molecule has 0 atom stereocenters. The molecule has 0 spiro atoms. The smallest absolute Gasteiger partial charge is 0.121 e. The topological polar surface area (TPSA) is 27.1 Å². The van der Waals surface area contributed by atoms with E-state index in [9.17, 15) is 0 Å². The Kier molecular flexibility index (Phi) is 4.51. The van der Waals surface area contributed by atoms with Crippen molar-refractivity contribution in [2.24, 2.45) is 0 Å². The molecule has 27 heavy (non-hydrogen) atoms. The molecule has 0 saturated carbocycles. The lowest BCUT2D eigenvalue weighted by atomic mass is 9.99. The standard InChI is InChI=1S/C24H22N2O/c1-17-24(18(2)26(25-17)22-10-7-11-23(16-22)27-3)21-14-12-20(13-15-21)19-8-5-4-6-9-19/h4-16H,1-3H3. The van der Waals surface area contributed by atoms with Crippen molar-refractivity contribution >= 4 is 0 Å². The van der Waals surface area contributed by atoms with Gasteiger partial charge in [-0.05, 0) is 42.7 Å². The Morgan fingerprint density at radius 2 is 1.41 bits per heavy atom. The quantitative estimate of drug-likeness (QED) is 0.461. The summed E-state index contributed by atoms with van der Waals surface area (Å²) in [4.78, 5) is 0. The minimum Gasteiger partial charge on any atom is -0.497 e. The van der Waals surface area contributed by atoms with Crippen LogP contribution in [-0.2, 0) is 0 Å². The highest BCUT2D eigenvalue weighted by atomic mass is 16.5. The Bertz CT molecular complexity index is 1060. The van der Waals surface area contributed by atoms with Gasteiger partial charge in [0.05, 0.1) is 18.5 Å². The van der Waals surface area contributed by atoms with E-state index >= 15 is 0 Å². The van der Waals surface area contributed by atoms with Crippen LogP contribution < -0.4 is 4.74 Å². The number of methoxy groups -OCH3 is 1. The van der Waals surface area contributed by atoms with Crippen LogP contribution in [0.2, 0.25) is 0 Å². The maximum absolute atomic E-state index is 5.35. The average Bonchev–Trinajstić information content (AvgIpc) is 3.03. The van der Waals surface area contributed by atoms with E-state index in [1.54, 1.807) is 7.11 Å². The number of benzene rings is 3. The first-order valence-corrected chi connectivity index (χ1v) is 9.04. The number of ether oxygens (including phenoxy) is 1. The highest BCUT2D eigenvalue weighted by Gasteiger charge is 2.15. The maximum Gasteiger partial charge on any atom is 0.121 e. The third-order valence-electron chi connectivity index (χ3n) is 4.87. The third kappa shape index (κ3) is 3.24. The van der Waals surface area contributed by atoms with Crippen LogP contribution in [-0.4, -0.2) is 16.9 Å². The van der Waals surface area contributed by atoms with Crippen LogP contribution in [0.5, 0.6) is 5.75 Å². The summed E-state index contributed by atoms with van der Waals surface area (Å²) in [6.07, 6.45) is 0. The second kappa shape index (κ2) is 7.12. The van der Waals surface area contributed by atoms with Crippen molar-refractivity contribution in [3.05, 3.63) is 90.3 Å². The predicted molar refractivity (Wildman–Crippen MR) is 110 cm³/mol. The van der Waals surface area contributed by atoms with Gasteiger partial charge >= 0.3 is 0 Å². The van der Waals surface area contributed by atoms with Gasteiger partial charge in [-0.15, -0.1) is 0 Å². The van der Waals surface area contributed by atoms with Gasteiger partial charge in [0.2, 0.25) is 0 Å². The second-order valence-electron chi connectivity index (χ2n) is 6.60. The summed E-state index contributed by atoms with van der Waals surface area (Å²) < 4.78 is 7.34. The van der Waals surface area contributed by atoms with Gasteiger partial charge in [0.1, 0.15) is 5.75 Å². The number of aryl methyl sites for hydroxylation is 1. The van der Waals surface area contributed by atoms with E-state index in [0.29, 0.717) is 0 Å². The zero-order valence-corrected chi connectivity index (χ0v) is 15.8. The van der Waals surface area contributed by atoms with Gasteiger partial charge in [0, 0.05) is 17.3 Å². The molecule has 0 unspecified atom stereocenters. The Balaban J connectivity index is 1.73. The first-order valence-electron chi connectivity index (χ1n) is 9.04. The van der Waals surface area contributed by atoms with Crippen molar-refractivity contribution in [3.8, 4) is 33.7 Å². The molecular weight excluding hydrogens is 332 g/mol. The van der Waals surface area contributed by atoms with E-state index in [4.69, 9.17) is 9.84 Å². The van der Waals surface area contributed by atoms with Crippen molar-refractivity contribution in [1.82, 2.24) is 9.78 Å². The Morgan fingerprint density at radius 1 is 0.741 bits per heavy atom. The number of rotatable bonds is 4. The first-order chi connectivity index (χ1) is 13.2. The minimum atomic E-state index is 0.828. The molecule has 0 amide bonds. The van der Waals surface area contributed by atoms with E-state index < -0.39 is 0 Å². The summed E-state index contributed by atoms with van der Waals surface area (Å²) in [6, 6.07) is 27.1. The van der Waals surface area contributed by atoms with Crippen LogP contribution in [0.4, 0.5) is 0 Å². The molecule has 3 aromatic carbocycles. The molecule has 0 bridgehead atoms. The largest absolute Gasteiger partial charge is 0.497 e. The lowest BCUT2D eigenvalue weighted by Crippen LogP contribution is -1.99. The Hall–Kier alpha value is -3.33. The van der Waals surface area contributed by atoms with E-state index in [-0.39, 0.29) is 0 Å². The van der Waals surface area contributed by atoms with Crippen molar-refractivity contribution in [2.75, 3.05) is 7.11 Å². The predicted octanol–water partition coefficient (Wildman–Crippen LogP) is 5.83. The molecule has 1 heterocycles. The molecule has 4 rings (SSSR count). The van der Waals surface area contributed by atoms with Gasteiger partial charge in [-0.1, -0.05) is 60.7 Å². The fourth-order valence-corrected chi connectivity index (χ4v) is 3.51. The van der Waals surface area contributed by atoms with Crippen LogP contribution in [0.15, 0.2) is 78.9 Å². The summed E-state index contributed by atoms with van der Waals surface area (Å²) in [5.74, 6) is 0.828. The molecule has 0 aliphatic heterocycles. The summed E-state index contributed by atoms with van der Waals surface area (Å²) in [5, 5.41) is 4.77. The third-order valence-corrected chi connectivity index (χ3v) is 4.87. The molecular formula is C24H22N2O. The summed E-state index contributed by atoms with van der Waals surface area (Å²) in [6.45, 7) is 4.17. The fourth-order valence-electron chi connectivity index (χ4n) is 3.51. The van der Waals surface area contributed by atoms with Crippen LogP contribution in [0, 0.1) is 13.8 Å². The normalized spacial score (nSPS) is 10.8. The molecule has 1 aromatic heterocycles. The summed E-state index contributed by atoms with van der Waals surface area (Å²) in [7, 11) is 1.68. The number of aromatic nitrogens is 2. The molecule has 0 aliphatic rings. The molecule has 4 aromatic rings. The molecule has 0 aliphatic carbocycles. The van der Waals surface area contributed by atoms with Crippen LogP contribution in [0.1, 0.15) is 11.4 Å². The fraction of sp³-hybridized carbons (Fsp3) is 0.125. The van der Waals surface area contributed by atoms with E-state index in [1.807, 2.05) is 35.0 Å². The average molecular weight is 354 g/mol. The SMILES string of the molecule is COc1cccc(-n2nc(C)c(-c3ccc(-c4ccccc4)cc3)c2C)c1. The second-order valence-corrected chi connectivity index (χ2v) is 6.60. The van der Waals surface area contributed by atoms with Crippen LogP contribution >= 0.6 is 0 Å². The lowest BCUT2D eigenvalue weighted by molar-refractivity contribution is 0.414. The van der Waals surface area contributed by atoms with Gasteiger partial charge < -0.3 is 4.74 Å². The molecule has 3 heteroatoms. The highest BCUT2D eigenvalue weighted by molar-refractivity contribution is 5.73. The van der Waals surface area contributed by atoms with Gasteiger partial charge in [0.15, 0.2) is 0 Å². The monoisotopic (exact) mass is 354 g/mol. The molecule has 0 saturated heterocycles. The number of hydrogen-bond acceptors (Lipinski definition) is 2.